The number of carbonyl (C=O) groups is 2. The molecule has 0 saturated carbocycles. The topological polar surface area (TPSA) is 116 Å². The highest BCUT2D eigenvalue weighted by molar-refractivity contribution is 6.36. The molecular formula is C50H28N6O2. The molecule has 0 bridgehead atoms. The zero-order valence-electron chi connectivity index (χ0n) is 30.7. The molecule has 2 amide bonds. The largest absolute Gasteiger partial charge is 0.307 e. The van der Waals surface area contributed by atoms with E-state index < -0.39 is 11.8 Å². The van der Waals surface area contributed by atoms with Crippen molar-refractivity contribution in [1.29, 1.82) is 10.5 Å². The zero-order chi connectivity index (χ0) is 39.3. The molecule has 58 heavy (non-hydrogen) atoms. The van der Waals surface area contributed by atoms with Gasteiger partial charge in [0.05, 0.1) is 44.9 Å². The zero-order valence-corrected chi connectivity index (χ0v) is 30.7. The molecule has 8 nitrogen and oxygen atoms in total. The standard InChI is InChI=1S/C50H28N6O2/c51-29-35-16-7-23-43(53-35)40-20-9-18-38-39-19-10-21-41(44-24-8-17-36(30-52)54-44)48(39)56(47(38)40)45-25-11-22-42-46(45)50(58)55(49(42)57)37-27-33(31-12-3-1-4-13-31)26-34(28-37)32-14-5-2-6-15-32/h1-28H. The van der Waals surface area contributed by atoms with Gasteiger partial charge in [0.25, 0.3) is 11.8 Å². The first-order valence-corrected chi connectivity index (χ1v) is 18.6. The summed E-state index contributed by atoms with van der Waals surface area (Å²) < 4.78 is 2.01. The number of hydrogen-bond acceptors (Lipinski definition) is 6. The van der Waals surface area contributed by atoms with Crippen LogP contribution in [-0.4, -0.2) is 26.3 Å². The van der Waals surface area contributed by atoms with Gasteiger partial charge in [-0.3, -0.25) is 9.59 Å². The van der Waals surface area contributed by atoms with E-state index in [-0.39, 0.29) is 22.5 Å². The maximum atomic E-state index is 15.2. The summed E-state index contributed by atoms with van der Waals surface area (Å²) in [5.41, 5.74) is 9.69. The highest BCUT2D eigenvalue weighted by Gasteiger charge is 2.40. The summed E-state index contributed by atoms with van der Waals surface area (Å²) in [7, 11) is 0. The minimum Gasteiger partial charge on any atom is -0.307 e. The van der Waals surface area contributed by atoms with E-state index in [1.807, 2.05) is 132 Å². The van der Waals surface area contributed by atoms with E-state index in [2.05, 4.69) is 28.2 Å². The third kappa shape index (κ3) is 5.44. The minimum atomic E-state index is -0.459. The number of fused-ring (bicyclic) bond motifs is 4. The van der Waals surface area contributed by atoms with Crippen molar-refractivity contribution >= 4 is 39.3 Å². The van der Waals surface area contributed by atoms with Gasteiger partial charge in [0.1, 0.15) is 23.5 Å². The van der Waals surface area contributed by atoms with Gasteiger partial charge in [-0.25, -0.2) is 14.9 Å². The Labute approximate surface area is 332 Å². The molecule has 0 saturated heterocycles. The molecule has 9 aromatic rings. The maximum absolute atomic E-state index is 15.2. The van der Waals surface area contributed by atoms with Crippen molar-refractivity contribution in [2.24, 2.45) is 0 Å². The smallest absolute Gasteiger partial charge is 0.268 e. The molecule has 0 fully saturated rings. The Morgan fingerprint density at radius 1 is 0.448 bits per heavy atom. The van der Waals surface area contributed by atoms with Crippen molar-refractivity contribution in [2.75, 3.05) is 4.90 Å². The minimum absolute atomic E-state index is 0.250. The van der Waals surface area contributed by atoms with E-state index in [0.717, 1.165) is 55.2 Å². The van der Waals surface area contributed by atoms with E-state index in [1.165, 1.54) is 4.90 Å². The lowest BCUT2D eigenvalue weighted by Crippen LogP contribution is -2.29. The fraction of sp³-hybridized carbons (Fsp3) is 0. The van der Waals surface area contributed by atoms with Crippen LogP contribution in [0.3, 0.4) is 0 Å². The number of benzene rings is 6. The Morgan fingerprint density at radius 3 is 1.45 bits per heavy atom. The Kier molecular flexibility index (Phi) is 8.04. The number of nitrogens with zero attached hydrogens (tertiary/aromatic N) is 6. The van der Waals surface area contributed by atoms with E-state index in [9.17, 15) is 15.3 Å². The molecule has 6 aromatic carbocycles. The second kappa shape index (κ2) is 13.7. The fourth-order valence-corrected chi connectivity index (χ4v) is 8.09. The summed E-state index contributed by atoms with van der Waals surface area (Å²) in [6.07, 6.45) is 0. The average molecular weight is 745 g/mol. The maximum Gasteiger partial charge on any atom is 0.268 e. The Hall–Kier alpha value is -8.46. The number of nitriles is 2. The quantitative estimate of drug-likeness (QED) is 0.157. The second-order valence-electron chi connectivity index (χ2n) is 13.9. The van der Waals surface area contributed by atoms with Crippen LogP contribution in [0.4, 0.5) is 5.69 Å². The van der Waals surface area contributed by atoms with Gasteiger partial charge >= 0.3 is 0 Å². The number of rotatable bonds is 6. The predicted octanol–water partition coefficient (Wildman–Crippen LogP) is 10.8. The number of carbonyl (C=O) groups excluding carboxylic acids is 2. The SMILES string of the molecule is N#Cc1cccc(-c2cccc3c4cccc(-c5cccc(C#N)n5)c4n(-c4cccc5c4C(=O)N(c4cc(-c6ccccc6)cc(-c6ccccc6)c4)C5=O)c23)n1. The van der Waals surface area contributed by atoms with Gasteiger partial charge in [-0.1, -0.05) is 115 Å². The first kappa shape index (κ1) is 34.1. The summed E-state index contributed by atoms with van der Waals surface area (Å²) in [6, 6.07) is 57.7. The highest BCUT2D eigenvalue weighted by atomic mass is 16.2. The lowest BCUT2D eigenvalue weighted by Gasteiger charge is -2.18. The van der Waals surface area contributed by atoms with Crippen molar-refractivity contribution in [3.63, 3.8) is 0 Å². The molecule has 0 radical (unpaired) electrons. The molecule has 3 aromatic heterocycles. The van der Waals surface area contributed by atoms with Gasteiger partial charge in [-0.05, 0) is 76.9 Å². The van der Waals surface area contributed by atoms with Crippen molar-refractivity contribution in [3.8, 4) is 62.6 Å². The molecule has 270 valence electrons. The molecule has 1 aliphatic heterocycles. The van der Waals surface area contributed by atoms with Gasteiger partial charge in [0.15, 0.2) is 0 Å². The van der Waals surface area contributed by atoms with Crippen LogP contribution in [0.5, 0.6) is 0 Å². The number of anilines is 1. The number of aromatic nitrogens is 3. The molecule has 4 heterocycles. The molecule has 0 atom stereocenters. The Bertz CT molecular complexity index is 3080. The lowest BCUT2D eigenvalue weighted by atomic mass is 9.97. The van der Waals surface area contributed by atoms with E-state index >= 15 is 4.79 Å². The summed E-state index contributed by atoms with van der Waals surface area (Å²) in [5.74, 6) is -0.891. The third-order valence-electron chi connectivity index (χ3n) is 10.6. The van der Waals surface area contributed by atoms with Crippen LogP contribution in [0.15, 0.2) is 170 Å². The van der Waals surface area contributed by atoms with Crippen LogP contribution >= 0.6 is 0 Å². The fourth-order valence-electron chi connectivity index (χ4n) is 8.09. The normalized spacial score (nSPS) is 12.1. The molecular weight excluding hydrogens is 717 g/mol. The van der Waals surface area contributed by atoms with Crippen molar-refractivity contribution in [2.45, 2.75) is 0 Å². The average Bonchev–Trinajstić information content (AvgIpc) is 3.77. The molecule has 10 rings (SSSR count). The number of pyridine rings is 2. The van der Waals surface area contributed by atoms with Gasteiger partial charge < -0.3 is 4.57 Å². The third-order valence-corrected chi connectivity index (χ3v) is 10.6. The van der Waals surface area contributed by atoms with Gasteiger partial charge in [0.2, 0.25) is 0 Å². The molecule has 1 aliphatic rings. The number of hydrogen-bond donors (Lipinski definition) is 0. The predicted molar refractivity (Wildman–Crippen MR) is 225 cm³/mol. The van der Waals surface area contributed by atoms with Crippen LogP contribution in [0.2, 0.25) is 0 Å². The van der Waals surface area contributed by atoms with Gasteiger partial charge in [-0.15, -0.1) is 0 Å². The van der Waals surface area contributed by atoms with Gasteiger partial charge in [-0.2, -0.15) is 10.5 Å². The summed E-state index contributed by atoms with van der Waals surface area (Å²) in [5, 5.41) is 21.3. The van der Waals surface area contributed by atoms with Crippen LogP contribution in [0, 0.1) is 22.7 Å². The summed E-state index contributed by atoms with van der Waals surface area (Å²) >= 11 is 0. The number of imide groups is 1. The van der Waals surface area contributed by atoms with E-state index in [0.29, 0.717) is 22.8 Å². The number of para-hydroxylation sites is 2. The number of amides is 2. The molecule has 0 unspecified atom stereocenters. The Morgan fingerprint density at radius 2 is 0.931 bits per heavy atom. The first-order chi connectivity index (χ1) is 28.5. The van der Waals surface area contributed by atoms with Crippen LogP contribution < -0.4 is 4.90 Å². The van der Waals surface area contributed by atoms with Crippen LogP contribution in [-0.2, 0) is 0 Å². The monoisotopic (exact) mass is 744 g/mol. The van der Waals surface area contributed by atoms with Crippen molar-refractivity contribution in [3.05, 3.63) is 192 Å². The Balaban J connectivity index is 1.25. The summed E-state index contributed by atoms with van der Waals surface area (Å²) in [4.78, 5) is 40.5. The first-order valence-electron chi connectivity index (χ1n) is 18.6. The van der Waals surface area contributed by atoms with Crippen molar-refractivity contribution in [1.82, 2.24) is 14.5 Å². The van der Waals surface area contributed by atoms with Crippen molar-refractivity contribution < 1.29 is 9.59 Å². The van der Waals surface area contributed by atoms with Gasteiger partial charge in [0, 0.05) is 21.9 Å². The lowest BCUT2D eigenvalue weighted by molar-refractivity contribution is 0.0926. The van der Waals surface area contributed by atoms with E-state index in [4.69, 9.17) is 0 Å². The second-order valence-corrected chi connectivity index (χ2v) is 13.9. The van der Waals surface area contributed by atoms with E-state index in [1.54, 1.807) is 36.4 Å². The molecule has 0 spiro atoms. The molecule has 0 aliphatic carbocycles. The van der Waals surface area contributed by atoms with Crippen LogP contribution in [0.25, 0.3) is 72.3 Å². The highest BCUT2D eigenvalue weighted by Crippen LogP contribution is 2.44. The molecule has 8 heteroatoms. The summed E-state index contributed by atoms with van der Waals surface area (Å²) in [6.45, 7) is 0. The molecule has 0 N–H and O–H groups in total. The van der Waals surface area contributed by atoms with Crippen LogP contribution in [0.1, 0.15) is 32.1 Å².